The number of imidazole rings is 1. The van der Waals surface area contributed by atoms with Crippen LogP contribution in [0.3, 0.4) is 0 Å². The maximum Gasteiger partial charge on any atom is 0.270 e. The summed E-state index contributed by atoms with van der Waals surface area (Å²) in [5.41, 5.74) is 3.44. The van der Waals surface area contributed by atoms with Crippen molar-refractivity contribution in [1.29, 1.82) is 0 Å². The standard InChI is InChI=1S/C15H14FN3O3S/c1-8-17-13(7-23(20,21)22)15-14-10(4-5-19(8)15)11-6-9(16)2-3-12(11)18-14/h2-3,6,18H,4-5,7H2,1H3,(H,20,21,22). The van der Waals surface area contributed by atoms with Crippen molar-refractivity contribution < 1.29 is 17.4 Å². The second kappa shape index (κ2) is 4.65. The number of benzene rings is 1. The number of hydrogen-bond donors (Lipinski definition) is 2. The zero-order chi connectivity index (χ0) is 16.4. The number of nitrogens with one attached hydrogen (secondary N) is 1. The lowest BCUT2D eigenvalue weighted by molar-refractivity contribution is 0.481. The average Bonchev–Trinajstić information content (AvgIpc) is 2.95. The number of fused-ring (bicyclic) bond motifs is 5. The molecule has 4 rings (SSSR count). The average molecular weight is 335 g/mol. The van der Waals surface area contributed by atoms with E-state index >= 15 is 0 Å². The highest BCUT2D eigenvalue weighted by Gasteiger charge is 2.28. The minimum absolute atomic E-state index is 0.304. The summed E-state index contributed by atoms with van der Waals surface area (Å²) in [5, 5.41) is 0.794. The quantitative estimate of drug-likeness (QED) is 0.704. The summed E-state index contributed by atoms with van der Waals surface area (Å²) in [7, 11) is -4.19. The molecule has 2 N–H and O–H groups in total. The Balaban J connectivity index is 2.00. The van der Waals surface area contributed by atoms with Gasteiger partial charge in [-0.05, 0) is 37.1 Å². The molecular formula is C15H14FN3O3S. The van der Waals surface area contributed by atoms with Crippen LogP contribution < -0.4 is 0 Å². The Morgan fingerprint density at radius 2 is 2.22 bits per heavy atom. The molecule has 0 saturated carbocycles. The topological polar surface area (TPSA) is 88.0 Å². The van der Waals surface area contributed by atoms with E-state index in [9.17, 15) is 12.8 Å². The highest BCUT2D eigenvalue weighted by Crippen LogP contribution is 2.37. The Morgan fingerprint density at radius 1 is 1.43 bits per heavy atom. The van der Waals surface area contributed by atoms with Gasteiger partial charge in [0.15, 0.2) is 0 Å². The van der Waals surface area contributed by atoms with Crippen molar-refractivity contribution in [3.05, 3.63) is 41.1 Å². The van der Waals surface area contributed by atoms with E-state index in [0.717, 1.165) is 22.2 Å². The number of hydrogen-bond acceptors (Lipinski definition) is 3. The van der Waals surface area contributed by atoms with Gasteiger partial charge in [0, 0.05) is 17.4 Å². The minimum Gasteiger partial charge on any atom is -0.353 e. The monoisotopic (exact) mass is 335 g/mol. The van der Waals surface area contributed by atoms with Gasteiger partial charge in [-0.3, -0.25) is 4.55 Å². The van der Waals surface area contributed by atoms with Gasteiger partial charge in [0.1, 0.15) is 17.4 Å². The van der Waals surface area contributed by atoms with E-state index in [1.54, 1.807) is 13.0 Å². The predicted molar refractivity (Wildman–Crippen MR) is 83.2 cm³/mol. The molecule has 6 nitrogen and oxygen atoms in total. The van der Waals surface area contributed by atoms with E-state index < -0.39 is 15.9 Å². The van der Waals surface area contributed by atoms with Crippen molar-refractivity contribution in [2.24, 2.45) is 0 Å². The van der Waals surface area contributed by atoms with Crippen LogP contribution in [0.1, 0.15) is 17.1 Å². The molecule has 2 aromatic heterocycles. The van der Waals surface area contributed by atoms with Crippen LogP contribution in [0, 0.1) is 12.7 Å². The number of aryl methyl sites for hydroxylation is 2. The van der Waals surface area contributed by atoms with E-state index in [0.29, 0.717) is 30.2 Å². The lowest BCUT2D eigenvalue weighted by atomic mass is 10.0. The maximum absolute atomic E-state index is 13.5. The van der Waals surface area contributed by atoms with E-state index in [1.807, 2.05) is 4.57 Å². The summed E-state index contributed by atoms with van der Waals surface area (Å²) in [6.45, 7) is 2.43. The zero-order valence-corrected chi connectivity index (χ0v) is 13.1. The van der Waals surface area contributed by atoms with E-state index in [1.165, 1.54) is 12.1 Å². The molecule has 0 fully saturated rings. The summed E-state index contributed by atoms with van der Waals surface area (Å²) in [5.74, 6) is -0.166. The Hall–Kier alpha value is -2.19. The summed E-state index contributed by atoms with van der Waals surface area (Å²) in [4.78, 5) is 7.53. The lowest BCUT2D eigenvalue weighted by Crippen LogP contribution is -2.12. The third-order valence-corrected chi connectivity index (χ3v) is 4.88. The van der Waals surface area contributed by atoms with Gasteiger partial charge >= 0.3 is 0 Å². The Bertz CT molecular complexity index is 1050. The molecule has 0 aliphatic carbocycles. The highest BCUT2D eigenvalue weighted by molar-refractivity contribution is 7.85. The molecule has 23 heavy (non-hydrogen) atoms. The van der Waals surface area contributed by atoms with Crippen LogP contribution in [-0.4, -0.2) is 27.5 Å². The molecule has 0 bridgehead atoms. The largest absolute Gasteiger partial charge is 0.353 e. The van der Waals surface area contributed by atoms with E-state index in [2.05, 4.69) is 9.97 Å². The Kier molecular flexibility index (Phi) is 2.91. The second-order valence-corrected chi connectivity index (χ2v) is 7.20. The molecule has 0 unspecified atom stereocenters. The van der Waals surface area contributed by atoms with Crippen LogP contribution in [0.25, 0.3) is 22.3 Å². The molecule has 1 aliphatic heterocycles. The van der Waals surface area contributed by atoms with Gasteiger partial charge in [0.25, 0.3) is 10.1 Å². The van der Waals surface area contributed by atoms with Crippen molar-refractivity contribution in [2.75, 3.05) is 0 Å². The number of rotatable bonds is 2. The third-order valence-electron chi connectivity index (χ3n) is 4.24. The van der Waals surface area contributed by atoms with E-state index in [4.69, 9.17) is 4.55 Å². The first-order valence-corrected chi connectivity index (χ1v) is 8.76. The highest BCUT2D eigenvalue weighted by atomic mass is 32.2. The van der Waals surface area contributed by atoms with Gasteiger partial charge in [0.2, 0.25) is 0 Å². The molecule has 0 spiro atoms. The van der Waals surface area contributed by atoms with Gasteiger partial charge in [-0.25, -0.2) is 9.37 Å². The van der Waals surface area contributed by atoms with Crippen molar-refractivity contribution in [3.63, 3.8) is 0 Å². The lowest BCUT2D eigenvalue weighted by Gasteiger charge is -2.17. The third kappa shape index (κ3) is 2.25. The SMILES string of the molecule is Cc1nc(CS(=O)(=O)O)c2n1CCc1c-2[nH]c2ccc(F)cc12. The van der Waals surface area contributed by atoms with E-state index in [-0.39, 0.29) is 5.82 Å². The maximum atomic E-state index is 13.5. The van der Waals surface area contributed by atoms with Crippen LogP contribution in [0.5, 0.6) is 0 Å². The molecule has 1 aromatic carbocycles. The fraction of sp³-hybridized carbons (Fsp3) is 0.267. The van der Waals surface area contributed by atoms with Crippen LogP contribution in [0.15, 0.2) is 18.2 Å². The van der Waals surface area contributed by atoms with Crippen LogP contribution in [0.2, 0.25) is 0 Å². The first kappa shape index (κ1) is 14.4. The summed E-state index contributed by atoms with van der Waals surface area (Å²) in [6, 6.07) is 4.52. The molecule has 0 amide bonds. The molecule has 8 heteroatoms. The summed E-state index contributed by atoms with van der Waals surface area (Å²) < 4.78 is 47.2. The zero-order valence-electron chi connectivity index (χ0n) is 12.3. The van der Waals surface area contributed by atoms with Crippen LogP contribution in [0.4, 0.5) is 4.39 Å². The van der Waals surface area contributed by atoms with Gasteiger partial charge in [0.05, 0.1) is 17.1 Å². The fourth-order valence-electron chi connectivity index (χ4n) is 3.36. The van der Waals surface area contributed by atoms with Crippen molar-refractivity contribution in [2.45, 2.75) is 25.6 Å². The number of halogens is 1. The normalized spacial score (nSPS) is 14.0. The van der Waals surface area contributed by atoms with Gasteiger partial charge in [-0.2, -0.15) is 8.42 Å². The fourth-order valence-corrected chi connectivity index (χ4v) is 3.90. The molecule has 1 aliphatic rings. The molecule has 0 radical (unpaired) electrons. The van der Waals surface area contributed by atoms with Crippen LogP contribution in [-0.2, 0) is 28.8 Å². The minimum atomic E-state index is -4.19. The number of H-pyrrole nitrogens is 1. The molecule has 3 heterocycles. The van der Waals surface area contributed by atoms with Gasteiger partial charge in [-0.1, -0.05) is 0 Å². The molecule has 0 saturated heterocycles. The number of aromatic amines is 1. The molecule has 3 aromatic rings. The van der Waals surface area contributed by atoms with Crippen molar-refractivity contribution in [1.82, 2.24) is 14.5 Å². The Labute approximate surface area is 131 Å². The smallest absolute Gasteiger partial charge is 0.270 e. The summed E-state index contributed by atoms with van der Waals surface area (Å²) in [6.07, 6.45) is 0.703. The number of aromatic nitrogens is 3. The van der Waals surface area contributed by atoms with Gasteiger partial charge in [-0.15, -0.1) is 0 Å². The first-order chi connectivity index (χ1) is 10.8. The number of nitrogens with zero attached hydrogens (tertiary/aromatic N) is 2. The predicted octanol–water partition coefficient (Wildman–Crippen LogP) is 2.42. The van der Waals surface area contributed by atoms with Crippen molar-refractivity contribution >= 4 is 21.0 Å². The first-order valence-electron chi connectivity index (χ1n) is 7.15. The Morgan fingerprint density at radius 3 is 2.96 bits per heavy atom. The molecule has 0 atom stereocenters. The second-order valence-electron chi connectivity index (χ2n) is 5.75. The summed E-state index contributed by atoms with van der Waals surface area (Å²) >= 11 is 0. The van der Waals surface area contributed by atoms with Gasteiger partial charge < -0.3 is 9.55 Å². The van der Waals surface area contributed by atoms with Crippen LogP contribution >= 0.6 is 0 Å². The molecule has 120 valence electrons. The molecular weight excluding hydrogens is 321 g/mol. The van der Waals surface area contributed by atoms with Crippen molar-refractivity contribution in [3.8, 4) is 11.4 Å².